The van der Waals surface area contributed by atoms with E-state index in [9.17, 15) is 0 Å². The molecule has 0 aliphatic carbocycles. The van der Waals surface area contributed by atoms with Gasteiger partial charge in [0, 0.05) is 19.1 Å². The van der Waals surface area contributed by atoms with Crippen LogP contribution < -0.4 is 5.32 Å². The highest BCUT2D eigenvalue weighted by Crippen LogP contribution is 2.24. The zero-order valence-corrected chi connectivity index (χ0v) is 14.5. The smallest absolute Gasteiger partial charge is 0.0803 e. The summed E-state index contributed by atoms with van der Waals surface area (Å²) in [5.41, 5.74) is 4.23. The van der Waals surface area contributed by atoms with Crippen molar-refractivity contribution in [2.45, 2.75) is 12.8 Å². The van der Waals surface area contributed by atoms with E-state index >= 15 is 0 Å². The number of halogens is 2. The van der Waals surface area contributed by atoms with Crippen molar-refractivity contribution in [3.63, 3.8) is 0 Å². The first kappa shape index (κ1) is 16.6. The molecule has 0 radical (unpaired) electrons. The first-order valence-electron chi connectivity index (χ1n) is 7.80. The second-order valence-corrected chi connectivity index (χ2v) is 6.83. The molecule has 1 atom stereocenters. The Morgan fingerprint density at radius 3 is 2.96 bits per heavy atom. The Morgan fingerprint density at radius 1 is 1.35 bits per heavy atom. The summed E-state index contributed by atoms with van der Waals surface area (Å²) < 4.78 is 5.38. The Hall–Kier alpha value is -1.29. The van der Waals surface area contributed by atoms with Gasteiger partial charge in [-0.1, -0.05) is 35.8 Å². The fourth-order valence-corrected chi connectivity index (χ4v) is 3.10. The lowest BCUT2D eigenvalue weighted by Gasteiger charge is -2.12. The highest BCUT2D eigenvalue weighted by molar-refractivity contribution is 6.42. The fourth-order valence-electron chi connectivity index (χ4n) is 2.78. The summed E-state index contributed by atoms with van der Waals surface area (Å²) in [4.78, 5) is 4.57. The third kappa shape index (κ3) is 4.37. The molecule has 1 N–H and O–H groups in total. The van der Waals surface area contributed by atoms with Gasteiger partial charge in [0.1, 0.15) is 0 Å². The molecule has 122 valence electrons. The maximum absolute atomic E-state index is 6.07. The van der Waals surface area contributed by atoms with Gasteiger partial charge in [0.15, 0.2) is 0 Å². The van der Waals surface area contributed by atoms with Gasteiger partial charge < -0.3 is 10.1 Å². The average molecular weight is 351 g/mol. The van der Waals surface area contributed by atoms with E-state index in [2.05, 4.69) is 23.0 Å². The molecule has 2 aliphatic rings. The SMILES string of the molecule is C=C(NCC1CCOC1)C1=NCC(Cc2ccc(Cl)c(Cl)c2)=C1. The third-order valence-electron chi connectivity index (χ3n) is 4.15. The van der Waals surface area contributed by atoms with Crippen molar-refractivity contribution in [1.82, 2.24) is 5.32 Å². The topological polar surface area (TPSA) is 33.6 Å². The largest absolute Gasteiger partial charge is 0.383 e. The Bertz CT molecular complexity index is 661. The Balaban J connectivity index is 1.54. The van der Waals surface area contributed by atoms with E-state index in [-0.39, 0.29) is 0 Å². The summed E-state index contributed by atoms with van der Waals surface area (Å²) in [7, 11) is 0. The number of hydrogen-bond acceptors (Lipinski definition) is 3. The minimum absolute atomic E-state index is 0.577. The van der Waals surface area contributed by atoms with Crippen LogP contribution in [0.2, 0.25) is 10.0 Å². The van der Waals surface area contributed by atoms with Crippen molar-refractivity contribution < 1.29 is 4.74 Å². The number of allylic oxidation sites excluding steroid dienone is 1. The molecular weight excluding hydrogens is 331 g/mol. The molecule has 0 aromatic heterocycles. The van der Waals surface area contributed by atoms with E-state index in [0.29, 0.717) is 22.5 Å². The first-order valence-corrected chi connectivity index (χ1v) is 8.56. The van der Waals surface area contributed by atoms with Gasteiger partial charge in [-0.05, 0) is 42.2 Å². The molecule has 1 saturated heterocycles. The van der Waals surface area contributed by atoms with Gasteiger partial charge in [0.2, 0.25) is 0 Å². The predicted molar refractivity (Wildman–Crippen MR) is 96.6 cm³/mol. The third-order valence-corrected chi connectivity index (χ3v) is 4.88. The monoisotopic (exact) mass is 350 g/mol. The van der Waals surface area contributed by atoms with Crippen LogP contribution in [0.5, 0.6) is 0 Å². The van der Waals surface area contributed by atoms with Crippen molar-refractivity contribution in [1.29, 1.82) is 0 Å². The van der Waals surface area contributed by atoms with Crippen molar-refractivity contribution in [3.05, 3.63) is 57.7 Å². The molecule has 1 aromatic carbocycles. The predicted octanol–water partition coefficient (Wildman–Crippen LogP) is 4.06. The molecule has 1 aromatic rings. The molecule has 2 heterocycles. The summed E-state index contributed by atoms with van der Waals surface area (Å²) in [6.45, 7) is 7.41. The van der Waals surface area contributed by atoms with Gasteiger partial charge in [-0.3, -0.25) is 4.99 Å². The lowest BCUT2D eigenvalue weighted by molar-refractivity contribution is 0.186. The number of nitrogens with one attached hydrogen (secondary N) is 1. The zero-order chi connectivity index (χ0) is 16.2. The van der Waals surface area contributed by atoms with Crippen molar-refractivity contribution in [2.75, 3.05) is 26.3 Å². The van der Waals surface area contributed by atoms with E-state index in [0.717, 1.165) is 49.6 Å². The molecule has 0 spiro atoms. The van der Waals surface area contributed by atoms with Crippen LogP contribution in [-0.4, -0.2) is 32.0 Å². The molecule has 1 fully saturated rings. The van der Waals surface area contributed by atoms with E-state index in [1.807, 2.05) is 18.2 Å². The van der Waals surface area contributed by atoms with Crippen LogP contribution in [0, 0.1) is 5.92 Å². The summed E-state index contributed by atoms with van der Waals surface area (Å²) >= 11 is 12.0. The summed E-state index contributed by atoms with van der Waals surface area (Å²) in [5, 5.41) is 4.56. The Labute approximate surface area is 147 Å². The summed E-state index contributed by atoms with van der Waals surface area (Å²) in [6.07, 6.45) is 4.06. The Morgan fingerprint density at radius 2 is 2.22 bits per heavy atom. The van der Waals surface area contributed by atoms with Crippen LogP contribution in [-0.2, 0) is 11.2 Å². The van der Waals surface area contributed by atoms with Crippen LogP contribution in [0.3, 0.4) is 0 Å². The van der Waals surface area contributed by atoms with Crippen LogP contribution in [0.1, 0.15) is 12.0 Å². The molecule has 0 bridgehead atoms. The number of benzene rings is 1. The molecule has 0 saturated carbocycles. The van der Waals surface area contributed by atoms with Gasteiger partial charge in [-0.15, -0.1) is 0 Å². The van der Waals surface area contributed by atoms with Gasteiger partial charge in [-0.25, -0.2) is 0 Å². The van der Waals surface area contributed by atoms with Crippen molar-refractivity contribution in [3.8, 4) is 0 Å². The quantitative estimate of drug-likeness (QED) is 0.839. The van der Waals surface area contributed by atoms with Gasteiger partial charge >= 0.3 is 0 Å². The number of ether oxygens (including phenoxy) is 1. The van der Waals surface area contributed by atoms with Crippen LogP contribution in [0.15, 0.2) is 47.1 Å². The van der Waals surface area contributed by atoms with E-state index < -0.39 is 0 Å². The highest BCUT2D eigenvalue weighted by atomic mass is 35.5. The van der Waals surface area contributed by atoms with Gasteiger partial charge in [0.25, 0.3) is 0 Å². The standard InChI is InChI=1S/C18H20Cl2N2O/c1-12(21-9-14-4-5-23-11-14)18-8-15(10-22-18)6-13-2-3-16(19)17(20)7-13/h2-3,7-8,14,21H,1,4-6,9-11H2. The second-order valence-electron chi connectivity index (χ2n) is 6.02. The van der Waals surface area contributed by atoms with Crippen molar-refractivity contribution in [2.24, 2.45) is 10.9 Å². The number of hydrogen-bond donors (Lipinski definition) is 1. The van der Waals surface area contributed by atoms with Crippen molar-refractivity contribution >= 4 is 28.9 Å². The number of nitrogens with zero attached hydrogens (tertiary/aromatic N) is 1. The van der Waals surface area contributed by atoms with E-state index in [1.165, 1.54) is 5.57 Å². The molecule has 23 heavy (non-hydrogen) atoms. The molecule has 3 nitrogen and oxygen atoms in total. The highest BCUT2D eigenvalue weighted by Gasteiger charge is 2.17. The molecule has 5 heteroatoms. The van der Waals surface area contributed by atoms with Gasteiger partial charge in [-0.2, -0.15) is 0 Å². The molecule has 1 unspecified atom stereocenters. The fraction of sp³-hybridized carbons (Fsp3) is 0.389. The van der Waals surface area contributed by atoms with Crippen LogP contribution in [0.4, 0.5) is 0 Å². The summed E-state index contributed by atoms with van der Waals surface area (Å²) in [6, 6.07) is 5.75. The number of aliphatic imine (C=N–C) groups is 1. The van der Waals surface area contributed by atoms with E-state index in [4.69, 9.17) is 27.9 Å². The van der Waals surface area contributed by atoms with Gasteiger partial charge in [0.05, 0.1) is 34.6 Å². The summed E-state index contributed by atoms with van der Waals surface area (Å²) in [5.74, 6) is 0.577. The minimum atomic E-state index is 0.577. The maximum Gasteiger partial charge on any atom is 0.0803 e. The number of rotatable bonds is 6. The lowest BCUT2D eigenvalue weighted by Crippen LogP contribution is -2.25. The zero-order valence-electron chi connectivity index (χ0n) is 12.9. The van der Waals surface area contributed by atoms with Crippen LogP contribution in [0.25, 0.3) is 0 Å². The molecular formula is C18H20Cl2N2O. The van der Waals surface area contributed by atoms with E-state index in [1.54, 1.807) is 0 Å². The lowest BCUT2D eigenvalue weighted by atomic mass is 10.0. The Kier molecular flexibility index (Phi) is 5.42. The normalized spacial score (nSPS) is 20.3. The molecule has 2 aliphatic heterocycles. The average Bonchev–Trinajstić information content (AvgIpc) is 3.20. The second kappa shape index (κ2) is 7.52. The minimum Gasteiger partial charge on any atom is -0.383 e. The molecule has 3 rings (SSSR count). The maximum atomic E-state index is 6.07. The first-order chi connectivity index (χ1) is 11.1. The van der Waals surface area contributed by atoms with Crippen LogP contribution >= 0.6 is 23.2 Å². The molecule has 0 amide bonds.